The van der Waals surface area contributed by atoms with Crippen molar-refractivity contribution in [2.24, 2.45) is 0 Å². The van der Waals surface area contributed by atoms with Gasteiger partial charge in [0.1, 0.15) is 17.3 Å². The standard InChI is InChI=1S/C22H27F3N4O/c1-6-13-7-14(11-26-13)27-12(2)15-8-18(24)16(9-17(15)23)19-10-20(22(3,4)25)29-21(28-19)30-5/h8-13,26-27H,6-7H2,1-5H3. The van der Waals surface area contributed by atoms with Gasteiger partial charge in [0, 0.05) is 35.5 Å². The fraction of sp³-hybridized carbons (Fsp3) is 0.455. The second-order valence-electron chi connectivity index (χ2n) is 7.96. The van der Waals surface area contributed by atoms with Crippen molar-refractivity contribution in [3.63, 3.8) is 0 Å². The Hall–Kier alpha value is -2.77. The molecule has 2 aromatic rings. The highest BCUT2D eigenvalue weighted by Gasteiger charge is 2.25. The maximum atomic E-state index is 15.0. The molecule has 0 fully saturated rings. The molecule has 0 radical (unpaired) electrons. The summed E-state index contributed by atoms with van der Waals surface area (Å²) in [4.78, 5) is 8.04. The normalized spacial score (nSPS) is 17.3. The van der Waals surface area contributed by atoms with Crippen molar-refractivity contribution in [3.05, 3.63) is 53.0 Å². The lowest BCUT2D eigenvalue weighted by atomic mass is 10.00. The van der Waals surface area contributed by atoms with E-state index in [-0.39, 0.29) is 28.5 Å². The fourth-order valence-electron chi connectivity index (χ4n) is 3.37. The number of benzene rings is 1. The average molecular weight is 420 g/mol. The summed E-state index contributed by atoms with van der Waals surface area (Å²) < 4.78 is 49.3. The van der Waals surface area contributed by atoms with E-state index in [9.17, 15) is 13.2 Å². The monoisotopic (exact) mass is 420 g/mol. The Morgan fingerprint density at radius 1 is 1.23 bits per heavy atom. The molecule has 2 unspecified atom stereocenters. The highest BCUT2D eigenvalue weighted by Crippen LogP contribution is 2.32. The van der Waals surface area contributed by atoms with Crippen molar-refractivity contribution in [2.75, 3.05) is 7.11 Å². The molecule has 1 aromatic heterocycles. The predicted octanol–water partition coefficient (Wildman–Crippen LogP) is 4.90. The van der Waals surface area contributed by atoms with E-state index in [1.165, 1.54) is 27.0 Å². The fourth-order valence-corrected chi connectivity index (χ4v) is 3.37. The number of rotatable bonds is 7. The first-order valence-corrected chi connectivity index (χ1v) is 9.95. The van der Waals surface area contributed by atoms with E-state index in [1.807, 2.05) is 6.20 Å². The summed E-state index contributed by atoms with van der Waals surface area (Å²) in [5.74, 6) is -1.24. The van der Waals surface area contributed by atoms with E-state index < -0.39 is 23.3 Å². The Bertz CT molecular complexity index is 956. The van der Waals surface area contributed by atoms with E-state index in [1.54, 1.807) is 6.92 Å². The van der Waals surface area contributed by atoms with E-state index >= 15 is 0 Å². The molecule has 5 nitrogen and oxygen atoms in total. The number of hydrogen-bond donors (Lipinski definition) is 2. The smallest absolute Gasteiger partial charge is 0.316 e. The van der Waals surface area contributed by atoms with Gasteiger partial charge in [0.15, 0.2) is 0 Å². The van der Waals surface area contributed by atoms with E-state index in [4.69, 9.17) is 4.74 Å². The summed E-state index contributed by atoms with van der Waals surface area (Å²) in [6, 6.07) is 3.34. The van der Waals surface area contributed by atoms with Gasteiger partial charge < -0.3 is 15.4 Å². The Kier molecular flexibility index (Phi) is 6.24. The molecule has 0 aliphatic carbocycles. The number of aromatic nitrogens is 2. The molecule has 2 heterocycles. The third-order valence-electron chi connectivity index (χ3n) is 5.18. The number of methoxy groups -OCH3 is 1. The average Bonchev–Trinajstić information content (AvgIpc) is 3.15. The number of halogens is 3. The number of alkyl halides is 1. The summed E-state index contributed by atoms with van der Waals surface area (Å²) in [7, 11) is 1.33. The zero-order valence-electron chi connectivity index (χ0n) is 17.8. The lowest BCUT2D eigenvalue weighted by molar-refractivity contribution is 0.211. The van der Waals surface area contributed by atoms with Crippen LogP contribution in [-0.4, -0.2) is 23.1 Å². The van der Waals surface area contributed by atoms with Crippen LogP contribution < -0.4 is 15.4 Å². The highest BCUT2D eigenvalue weighted by atomic mass is 19.1. The van der Waals surface area contributed by atoms with Crippen LogP contribution in [0.4, 0.5) is 13.2 Å². The molecule has 162 valence electrons. The number of hydrogen-bond acceptors (Lipinski definition) is 5. The summed E-state index contributed by atoms with van der Waals surface area (Å²) in [6.07, 6.45) is 3.67. The summed E-state index contributed by atoms with van der Waals surface area (Å²) in [6.45, 7) is 6.50. The first-order valence-electron chi connectivity index (χ1n) is 9.95. The molecule has 1 aromatic carbocycles. The van der Waals surface area contributed by atoms with Crippen molar-refractivity contribution >= 4 is 0 Å². The van der Waals surface area contributed by atoms with Gasteiger partial charge in [0.25, 0.3) is 0 Å². The van der Waals surface area contributed by atoms with Crippen LogP contribution in [0.5, 0.6) is 6.01 Å². The van der Waals surface area contributed by atoms with Crippen molar-refractivity contribution in [3.8, 4) is 17.3 Å². The van der Waals surface area contributed by atoms with Crippen LogP contribution in [0.1, 0.15) is 57.8 Å². The molecule has 2 atom stereocenters. The minimum atomic E-state index is -1.79. The van der Waals surface area contributed by atoms with Gasteiger partial charge in [-0.1, -0.05) is 6.92 Å². The third-order valence-corrected chi connectivity index (χ3v) is 5.18. The molecule has 0 saturated carbocycles. The molecule has 2 N–H and O–H groups in total. The number of nitrogens with one attached hydrogen (secondary N) is 2. The maximum Gasteiger partial charge on any atom is 0.316 e. The SMILES string of the molecule is CCC1CC(NC(C)c2cc(F)c(-c3cc(C(C)(C)F)nc(OC)n3)cc2F)=CN1. The van der Waals surface area contributed by atoms with Crippen molar-refractivity contribution < 1.29 is 17.9 Å². The predicted molar refractivity (Wildman–Crippen MR) is 110 cm³/mol. The largest absolute Gasteiger partial charge is 0.467 e. The molecule has 30 heavy (non-hydrogen) atoms. The van der Waals surface area contributed by atoms with Gasteiger partial charge in [0.05, 0.1) is 24.5 Å². The van der Waals surface area contributed by atoms with E-state index in [0.29, 0.717) is 6.04 Å². The number of nitrogens with zero attached hydrogens (tertiary/aromatic N) is 2. The zero-order valence-corrected chi connectivity index (χ0v) is 17.8. The van der Waals surface area contributed by atoms with Crippen LogP contribution in [0, 0.1) is 11.6 Å². The first-order chi connectivity index (χ1) is 14.1. The third kappa shape index (κ3) is 4.68. The summed E-state index contributed by atoms with van der Waals surface area (Å²) in [5.41, 5.74) is -0.646. The second kappa shape index (κ2) is 8.53. The van der Waals surface area contributed by atoms with Crippen molar-refractivity contribution in [1.82, 2.24) is 20.6 Å². The van der Waals surface area contributed by atoms with Crippen molar-refractivity contribution in [1.29, 1.82) is 0 Å². The van der Waals surface area contributed by atoms with Gasteiger partial charge in [-0.3, -0.25) is 0 Å². The Morgan fingerprint density at radius 3 is 2.57 bits per heavy atom. The van der Waals surface area contributed by atoms with Gasteiger partial charge >= 0.3 is 6.01 Å². The minimum absolute atomic E-state index is 0.0226. The van der Waals surface area contributed by atoms with Gasteiger partial charge in [-0.05, 0) is 45.4 Å². The molecule has 8 heteroatoms. The van der Waals surface area contributed by atoms with E-state index in [2.05, 4.69) is 27.5 Å². The highest BCUT2D eigenvalue weighted by molar-refractivity contribution is 5.62. The van der Waals surface area contributed by atoms with Crippen LogP contribution in [0.25, 0.3) is 11.3 Å². The Labute approximate surface area is 174 Å². The minimum Gasteiger partial charge on any atom is -0.467 e. The van der Waals surface area contributed by atoms with Crippen LogP contribution >= 0.6 is 0 Å². The summed E-state index contributed by atoms with van der Waals surface area (Å²) in [5, 5.41) is 6.48. The molecule has 0 amide bonds. The molecule has 0 spiro atoms. The van der Waals surface area contributed by atoms with Gasteiger partial charge in [-0.15, -0.1) is 0 Å². The van der Waals surface area contributed by atoms with Crippen LogP contribution in [0.3, 0.4) is 0 Å². The Morgan fingerprint density at radius 2 is 1.97 bits per heavy atom. The zero-order chi connectivity index (χ0) is 22.1. The molecule has 3 rings (SSSR count). The lowest BCUT2D eigenvalue weighted by Crippen LogP contribution is -2.20. The van der Waals surface area contributed by atoms with Crippen LogP contribution in [0.15, 0.2) is 30.1 Å². The maximum absolute atomic E-state index is 15.0. The molecule has 1 aliphatic rings. The molecular weight excluding hydrogens is 393 g/mol. The van der Waals surface area contributed by atoms with Crippen LogP contribution in [0.2, 0.25) is 0 Å². The lowest BCUT2D eigenvalue weighted by Gasteiger charge is -2.19. The van der Waals surface area contributed by atoms with E-state index in [0.717, 1.165) is 30.7 Å². The Balaban J connectivity index is 1.92. The van der Waals surface area contributed by atoms with Crippen molar-refractivity contribution in [2.45, 2.75) is 58.3 Å². The molecular formula is C22H27F3N4O. The summed E-state index contributed by atoms with van der Waals surface area (Å²) >= 11 is 0. The molecule has 0 saturated heterocycles. The molecule has 1 aliphatic heterocycles. The first kappa shape index (κ1) is 21.9. The second-order valence-corrected chi connectivity index (χ2v) is 7.96. The quantitative estimate of drug-likeness (QED) is 0.667. The van der Waals surface area contributed by atoms with Gasteiger partial charge in [-0.25, -0.2) is 13.2 Å². The topological polar surface area (TPSA) is 59.1 Å². The van der Waals surface area contributed by atoms with Crippen LogP contribution in [-0.2, 0) is 5.67 Å². The number of ether oxygens (including phenoxy) is 1. The van der Waals surface area contributed by atoms with Gasteiger partial charge in [0.2, 0.25) is 0 Å². The van der Waals surface area contributed by atoms with Gasteiger partial charge in [-0.2, -0.15) is 9.97 Å². The molecule has 0 bridgehead atoms.